The smallest absolute Gasteiger partial charge is 0.303 e. The van der Waals surface area contributed by atoms with Crippen LogP contribution < -0.4 is 10.1 Å². The Balaban J connectivity index is 1.66. The second-order valence-electron chi connectivity index (χ2n) is 10.2. The molecular weight excluding hydrogens is 438 g/mol. The third kappa shape index (κ3) is 8.57. The van der Waals surface area contributed by atoms with Crippen LogP contribution in [0.15, 0.2) is 77.4 Å². The predicted octanol–water partition coefficient (Wildman–Crippen LogP) is 6.10. The molecule has 188 valence electrons. The van der Waals surface area contributed by atoms with Crippen LogP contribution in [0.2, 0.25) is 0 Å². The zero-order valence-electron chi connectivity index (χ0n) is 21.2. The predicted molar refractivity (Wildman–Crippen MR) is 140 cm³/mol. The Morgan fingerprint density at radius 2 is 1.94 bits per heavy atom. The number of rotatable bonds is 12. The van der Waals surface area contributed by atoms with Crippen molar-refractivity contribution in [1.29, 1.82) is 0 Å². The summed E-state index contributed by atoms with van der Waals surface area (Å²) >= 11 is 0. The summed E-state index contributed by atoms with van der Waals surface area (Å²) in [7, 11) is 0. The van der Waals surface area contributed by atoms with Gasteiger partial charge in [-0.05, 0) is 60.8 Å². The normalized spacial score (nSPS) is 20.5. The second-order valence-corrected chi connectivity index (χ2v) is 10.2. The van der Waals surface area contributed by atoms with Crippen LogP contribution in [0.1, 0.15) is 52.9 Å². The van der Waals surface area contributed by atoms with Gasteiger partial charge in [0.2, 0.25) is 5.91 Å². The minimum absolute atomic E-state index is 0.0190. The number of carboxylic acid groups (broad SMARTS) is 1. The molecule has 0 aromatic heterocycles. The molecule has 0 radical (unpaired) electrons. The number of carboxylic acids is 1. The van der Waals surface area contributed by atoms with Crippen molar-refractivity contribution in [3.05, 3.63) is 77.4 Å². The minimum atomic E-state index is -0.852. The van der Waals surface area contributed by atoms with Gasteiger partial charge < -0.3 is 15.2 Å². The molecule has 0 aliphatic heterocycles. The fraction of sp³-hybridized carbons (Fsp3) is 0.467. The number of ether oxygens (including phenoxy) is 1. The zero-order valence-corrected chi connectivity index (χ0v) is 21.2. The van der Waals surface area contributed by atoms with E-state index in [9.17, 15) is 14.7 Å². The van der Waals surface area contributed by atoms with Crippen molar-refractivity contribution < 1.29 is 19.4 Å². The number of hydrogen-bond donors (Lipinski definition) is 2. The van der Waals surface area contributed by atoms with Crippen molar-refractivity contribution in [3.8, 4) is 5.75 Å². The van der Waals surface area contributed by atoms with Gasteiger partial charge in [-0.3, -0.25) is 9.59 Å². The number of carbonyl (C=O) groups is 2. The van der Waals surface area contributed by atoms with Crippen LogP contribution in [0.25, 0.3) is 0 Å². The molecule has 0 heterocycles. The summed E-state index contributed by atoms with van der Waals surface area (Å²) in [5.74, 6) is 0.883. The van der Waals surface area contributed by atoms with E-state index in [1.54, 1.807) is 0 Å². The minimum Gasteiger partial charge on any atom is -0.489 e. The second kappa shape index (κ2) is 13.1. The Hall–Kier alpha value is -3.08. The van der Waals surface area contributed by atoms with E-state index in [2.05, 4.69) is 44.3 Å². The van der Waals surface area contributed by atoms with Crippen molar-refractivity contribution in [2.45, 2.75) is 52.9 Å². The number of benzene rings is 1. The first kappa shape index (κ1) is 26.5. The number of para-hydroxylation sites is 1. The van der Waals surface area contributed by atoms with E-state index in [1.807, 2.05) is 42.5 Å². The lowest BCUT2D eigenvalue weighted by Gasteiger charge is -2.27. The molecule has 1 amide bonds. The van der Waals surface area contributed by atoms with Crippen LogP contribution >= 0.6 is 0 Å². The molecule has 2 aliphatic carbocycles. The highest BCUT2D eigenvalue weighted by Crippen LogP contribution is 2.30. The van der Waals surface area contributed by atoms with Gasteiger partial charge in [0.1, 0.15) is 12.4 Å². The van der Waals surface area contributed by atoms with E-state index in [0.29, 0.717) is 37.8 Å². The molecule has 0 saturated carbocycles. The van der Waals surface area contributed by atoms with Gasteiger partial charge in [-0.1, -0.05) is 74.9 Å². The zero-order chi connectivity index (χ0) is 25.2. The number of carbonyl (C=O) groups excluding carboxylic acids is 1. The van der Waals surface area contributed by atoms with Crippen LogP contribution in [0, 0.1) is 23.7 Å². The third-order valence-electron chi connectivity index (χ3n) is 6.65. The molecule has 2 N–H and O–H groups in total. The lowest BCUT2D eigenvalue weighted by atomic mass is 9.83. The molecule has 35 heavy (non-hydrogen) atoms. The van der Waals surface area contributed by atoms with E-state index in [4.69, 9.17) is 4.74 Å². The van der Waals surface area contributed by atoms with Crippen molar-refractivity contribution in [2.75, 3.05) is 13.2 Å². The van der Waals surface area contributed by atoms with E-state index in [1.165, 1.54) is 5.57 Å². The van der Waals surface area contributed by atoms with Gasteiger partial charge in [-0.25, -0.2) is 0 Å². The molecule has 1 aromatic carbocycles. The number of aliphatic carboxylic acids is 1. The van der Waals surface area contributed by atoms with Crippen molar-refractivity contribution in [3.63, 3.8) is 0 Å². The Morgan fingerprint density at radius 3 is 2.60 bits per heavy atom. The fourth-order valence-corrected chi connectivity index (χ4v) is 4.67. The topological polar surface area (TPSA) is 75.6 Å². The van der Waals surface area contributed by atoms with Gasteiger partial charge >= 0.3 is 5.97 Å². The van der Waals surface area contributed by atoms with Gasteiger partial charge in [-0.2, -0.15) is 0 Å². The third-order valence-corrected chi connectivity index (χ3v) is 6.65. The van der Waals surface area contributed by atoms with Crippen LogP contribution in [-0.2, 0) is 9.59 Å². The van der Waals surface area contributed by atoms with Crippen molar-refractivity contribution in [1.82, 2.24) is 5.32 Å². The molecule has 5 nitrogen and oxygen atoms in total. The quantitative estimate of drug-likeness (QED) is 0.381. The van der Waals surface area contributed by atoms with Gasteiger partial charge in [0.05, 0.1) is 5.92 Å². The summed E-state index contributed by atoms with van der Waals surface area (Å²) in [6, 6.07) is 9.61. The molecule has 3 rings (SSSR count). The van der Waals surface area contributed by atoms with E-state index >= 15 is 0 Å². The highest BCUT2D eigenvalue weighted by Gasteiger charge is 2.28. The maximum absolute atomic E-state index is 13.4. The maximum atomic E-state index is 13.4. The van der Waals surface area contributed by atoms with Crippen molar-refractivity contribution >= 4 is 11.9 Å². The first-order valence-corrected chi connectivity index (χ1v) is 12.8. The summed E-state index contributed by atoms with van der Waals surface area (Å²) in [6.07, 6.45) is 13.6. The Morgan fingerprint density at radius 1 is 1.17 bits per heavy atom. The SMILES string of the molecule is CC(C)CC(CNC(=O)C1CC(COc2ccccc2)=CC=C1CCC(=O)O)C1=CCC(C)C=C1. The molecule has 0 fully saturated rings. The first-order valence-electron chi connectivity index (χ1n) is 12.8. The average molecular weight is 478 g/mol. The molecule has 5 heteroatoms. The van der Waals surface area contributed by atoms with Crippen LogP contribution in [0.5, 0.6) is 5.75 Å². The Kier molecular flexibility index (Phi) is 9.95. The lowest BCUT2D eigenvalue weighted by molar-refractivity contribution is -0.137. The van der Waals surface area contributed by atoms with E-state index in [-0.39, 0.29) is 24.2 Å². The van der Waals surface area contributed by atoms with Gasteiger partial charge in [0, 0.05) is 18.9 Å². The van der Waals surface area contributed by atoms with E-state index < -0.39 is 5.97 Å². The largest absolute Gasteiger partial charge is 0.489 e. The Bertz CT molecular complexity index is 987. The van der Waals surface area contributed by atoms with Gasteiger partial charge in [0.15, 0.2) is 0 Å². The Labute approximate surface area is 209 Å². The average Bonchev–Trinajstić information content (AvgIpc) is 2.85. The van der Waals surface area contributed by atoms with Crippen LogP contribution in [-0.4, -0.2) is 30.1 Å². The molecular formula is C30H39NO4. The number of amides is 1. The van der Waals surface area contributed by atoms with Crippen LogP contribution in [0.4, 0.5) is 0 Å². The molecule has 0 saturated heterocycles. The fourth-order valence-electron chi connectivity index (χ4n) is 4.67. The monoisotopic (exact) mass is 477 g/mol. The molecule has 0 spiro atoms. The van der Waals surface area contributed by atoms with E-state index in [0.717, 1.165) is 29.7 Å². The number of nitrogens with one attached hydrogen (secondary N) is 1. The lowest BCUT2D eigenvalue weighted by Crippen LogP contribution is -2.37. The molecule has 0 bridgehead atoms. The molecule has 3 unspecified atom stereocenters. The summed E-state index contributed by atoms with van der Waals surface area (Å²) in [4.78, 5) is 24.6. The number of allylic oxidation sites excluding steroid dienone is 5. The highest BCUT2D eigenvalue weighted by molar-refractivity contribution is 5.82. The summed E-state index contributed by atoms with van der Waals surface area (Å²) in [5.41, 5.74) is 3.21. The van der Waals surface area contributed by atoms with Gasteiger partial charge in [-0.15, -0.1) is 0 Å². The van der Waals surface area contributed by atoms with Gasteiger partial charge in [0.25, 0.3) is 0 Å². The molecule has 3 atom stereocenters. The summed E-state index contributed by atoms with van der Waals surface area (Å²) in [6.45, 7) is 7.63. The maximum Gasteiger partial charge on any atom is 0.303 e. The molecule has 1 aromatic rings. The van der Waals surface area contributed by atoms with Crippen LogP contribution in [0.3, 0.4) is 0 Å². The number of hydrogen-bond acceptors (Lipinski definition) is 3. The molecule has 2 aliphatic rings. The summed E-state index contributed by atoms with van der Waals surface area (Å²) in [5, 5.41) is 12.4. The highest BCUT2D eigenvalue weighted by atomic mass is 16.5. The first-order chi connectivity index (χ1) is 16.8. The summed E-state index contributed by atoms with van der Waals surface area (Å²) < 4.78 is 5.90. The van der Waals surface area contributed by atoms with Crippen molar-refractivity contribution in [2.24, 2.45) is 23.7 Å². The standard InChI is InChI=1S/C30H39NO4/c1-21(2)17-26(24-12-9-22(3)10-13-24)19-31-30(34)28-18-23(11-14-25(28)15-16-29(32)33)20-35-27-7-5-4-6-8-27/h4-9,11-14,21-22,26,28H,10,15-20H2,1-3H3,(H,31,34)(H,32,33).